The number of rotatable bonds is 42. The molecule has 0 aliphatic carbocycles. The zero-order valence-corrected chi connectivity index (χ0v) is 36.1. The molecule has 48 heavy (non-hydrogen) atoms. The molecule has 0 aromatic heterocycles. The maximum absolute atomic E-state index is 2.39. The molecule has 0 amide bonds. The van der Waals surface area contributed by atoms with E-state index in [1.807, 2.05) is 0 Å². The van der Waals surface area contributed by atoms with E-state index in [0.29, 0.717) is 0 Å². The van der Waals surface area contributed by atoms with Crippen LogP contribution >= 0.6 is 0 Å². The normalized spacial score (nSPS) is 11.8. The number of halogens is 1. The van der Waals surface area contributed by atoms with Gasteiger partial charge in [0.15, 0.2) is 0 Å². The molecule has 2 heteroatoms. The monoisotopic (exact) mass is 742 g/mol. The van der Waals surface area contributed by atoms with Gasteiger partial charge >= 0.3 is 0 Å². The van der Waals surface area contributed by atoms with E-state index >= 15 is 0 Å². The van der Waals surface area contributed by atoms with E-state index in [0.717, 1.165) is 0 Å². The summed E-state index contributed by atoms with van der Waals surface area (Å²) in [5.41, 5.74) is 0. The summed E-state index contributed by atoms with van der Waals surface area (Å²) in [4.78, 5) is 0. The van der Waals surface area contributed by atoms with Gasteiger partial charge in [0.2, 0.25) is 0 Å². The van der Waals surface area contributed by atoms with Gasteiger partial charge in [0.05, 0.1) is 26.2 Å². The van der Waals surface area contributed by atoms with Crippen molar-refractivity contribution in [1.29, 1.82) is 0 Å². The van der Waals surface area contributed by atoms with Gasteiger partial charge in [0, 0.05) is 0 Å². The third-order valence-electron chi connectivity index (χ3n) is 11.4. The number of unbranched alkanes of at least 4 members (excludes halogenated alkanes) is 34. The van der Waals surface area contributed by atoms with E-state index in [4.69, 9.17) is 0 Å². The molecule has 0 saturated carbocycles. The summed E-state index contributed by atoms with van der Waals surface area (Å²) in [6, 6.07) is 0. The van der Waals surface area contributed by atoms with E-state index in [1.165, 1.54) is 275 Å². The first-order valence-corrected chi connectivity index (χ1v) is 23.1. The van der Waals surface area contributed by atoms with Gasteiger partial charge < -0.3 is 21.5 Å². The van der Waals surface area contributed by atoms with Crippen molar-refractivity contribution in [2.24, 2.45) is 0 Å². The quantitative estimate of drug-likeness (QED) is 0.0432. The second-order valence-electron chi connectivity index (χ2n) is 16.3. The highest BCUT2D eigenvalue weighted by Crippen LogP contribution is 2.21. The van der Waals surface area contributed by atoms with Gasteiger partial charge in [-0.1, -0.05) is 220 Å². The third-order valence-corrected chi connectivity index (χ3v) is 11.4. The van der Waals surface area contributed by atoms with E-state index in [9.17, 15) is 0 Å². The van der Waals surface area contributed by atoms with Crippen LogP contribution in [-0.2, 0) is 0 Å². The van der Waals surface area contributed by atoms with Crippen LogP contribution in [0.1, 0.15) is 272 Å². The summed E-state index contributed by atoms with van der Waals surface area (Å²) in [6.07, 6.45) is 55.7. The van der Waals surface area contributed by atoms with Gasteiger partial charge in [-0.05, 0) is 51.4 Å². The van der Waals surface area contributed by atoms with E-state index in [2.05, 4.69) is 27.7 Å². The molecule has 0 spiro atoms. The molecule has 1 nitrogen and oxygen atoms in total. The summed E-state index contributed by atoms with van der Waals surface area (Å²) in [6.45, 7) is 15.3. The van der Waals surface area contributed by atoms with Gasteiger partial charge in [-0.3, -0.25) is 0 Å². The highest BCUT2D eigenvalue weighted by Gasteiger charge is 2.25. The van der Waals surface area contributed by atoms with Crippen LogP contribution in [0.5, 0.6) is 0 Å². The molecule has 0 aromatic carbocycles. The Bertz CT molecular complexity index is 500. The summed E-state index contributed by atoms with van der Waals surface area (Å²) < 4.78 is 1.47. The molecule has 0 atom stereocenters. The zero-order chi connectivity index (χ0) is 34.2. The maximum Gasteiger partial charge on any atom is 0.0786 e. The van der Waals surface area contributed by atoms with Crippen LogP contribution in [0, 0.1) is 0 Å². The molecule has 0 saturated heterocycles. The second-order valence-corrected chi connectivity index (χ2v) is 16.3. The number of hydrogen-bond acceptors (Lipinski definition) is 0. The Morgan fingerprint density at radius 2 is 0.312 bits per heavy atom. The standard InChI is InChI=1S/C46H96N.BrH/c1-5-9-13-15-17-19-21-23-25-27-29-31-33-35-37-41-45-47(43-39-11-7-3,44-40-12-8-4)46-42-38-36-34-32-30-28-26-24-22-20-18-16-14-10-6-2;/h5-46H2,1-4H3;1H/q+1;/p-1. The molecule has 0 unspecified atom stereocenters. The minimum atomic E-state index is 0. The van der Waals surface area contributed by atoms with Gasteiger partial charge in [0.25, 0.3) is 0 Å². The van der Waals surface area contributed by atoms with Crippen LogP contribution in [0.4, 0.5) is 0 Å². The topological polar surface area (TPSA) is 0 Å². The predicted octanol–water partition coefficient (Wildman–Crippen LogP) is 13.7. The van der Waals surface area contributed by atoms with Crippen molar-refractivity contribution in [3.8, 4) is 0 Å². The first-order valence-electron chi connectivity index (χ1n) is 23.1. The third kappa shape index (κ3) is 37.7. The lowest BCUT2D eigenvalue weighted by Crippen LogP contribution is -3.00. The molecule has 0 radical (unpaired) electrons. The fraction of sp³-hybridized carbons (Fsp3) is 1.00. The fourth-order valence-corrected chi connectivity index (χ4v) is 8.06. The van der Waals surface area contributed by atoms with E-state index < -0.39 is 0 Å². The average Bonchev–Trinajstić information content (AvgIpc) is 3.08. The molecule has 0 aliphatic rings. The Hall–Kier alpha value is 0.440. The molecule has 0 fully saturated rings. The van der Waals surface area contributed by atoms with Crippen molar-refractivity contribution in [3.05, 3.63) is 0 Å². The Morgan fingerprint density at radius 1 is 0.188 bits per heavy atom. The average molecular weight is 743 g/mol. The van der Waals surface area contributed by atoms with Crippen LogP contribution in [-0.4, -0.2) is 30.7 Å². The predicted molar refractivity (Wildman–Crippen MR) is 218 cm³/mol. The molecule has 292 valence electrons. The SMILES string of the molecule is CCCCCCCCCCCCCCCCCC[N+](CCCCC)(CCCCC)CCCCCCCCCCCCCCCCCC.[Br-]. The number of quaternary nitrogens is 1. The van der Waals surface area contributed by atoms with Crippen molar-refractivity contribution in [2.45, 2.75) is 272 Å². The van der Waals surface area contributed by atoms with E-state index in [-0.39, 0.29) is 17.0 Å². The summed E-state index contributed by atoms with van der Waals surface area (Å²) >= 11 is 0. The Kier molecular flexibility index (Phi) is 45.9. The maximum atomic E-state index is 2.39. The first-order chi connectivity index (χ1) is 23.2. The van der Waals surface area contributed by atoms with Crippen LogP contribution in [0.15, 0.2) is 0 Å². The van der Waals surface area contributed by atoms with Gasteiger partial charge in [-0.2, -0.15) is 0 Å². The molecule has 0 rings (SSSR count). The molecule has 0 N–H and O–H groups in total. The minimum Gasteiger partial charge on any atom is -1.00 e. The Morgan fingerprint density at radius 3 is 0.500 bits per heavy atom. The highest BCUT2D eigenvalue weighted by molar-refractivity contribution is 4.55. The van der Waals surface area contributed by atoms with Crippen molar-refractivity contribution in [3.63, 3.8) is 0 Å². The molecule has 0 aromatic rings. The highest BCUT2D eigenvalue weighted by atomic mass is 79.9. The minimum absolute atomic E-state index is 0. The van der Waals surface area contributed by atoms with Crippen LogP contribution in [0.25, 0.3) is 0 Å². The van der Waals surface area contributed by atoms with Gasteiger partial charge in [-0.15, -0.1) is 0 Å². The summed E-state index contributed by atoms with van der Waals surface area (Å²) in [7, 11) is 0. The zero-order valence-electron chi connectivity index (χ0n) is 34.5. The van der Waals surface area contributed by atoms with Crippen molar-refractivity contribution >= 4 is 0 Å². The summed E-state index contributed by atoms with van der Waals surface area (Å²) in [5.74, 6) is 0. The molecule has 0 bridgehead atoms. The first kappa shape index (κ1) is 50.5. The van der Waals surface area contributed by atoms with Crippen LogP contribution in [0.2, 0.25) is 0 Å². The van der Waals surface area contributed by atoms with Crippen LogP contribution in [0.3, 0.4) is 0 Å². The second kappa shape index (κ2) is 43.6. The molecular formula is C46H96BrN. The lowest BCUT2D eigenvalue weighted by atomic mass is 10.0. The smallest absolute Gasteiger partial charge is 0.0786 e. The number of hydrogen-bond donors (Lipinski definition) is 0. The van der Waals surface area contributed by atoms with E-state index in [1.54, 1.807) is 0 Å². The largest absolute Gasteiger partial charge is 1.00 e. The molecular weight excluding hydrogens is 646 g/mol. The van der Waals surface area contributed by atoms with Crippen molar-refractivity contribution in [1.82, 2.24) is 0 Å². The van der Waals surface area contributed by atoms with Crippen molar-refractivity contribution in [2.75, 3.05) is 26.2 Å². The lowest BCUT2D eigenvalue weighted by Gasteiger charge is -2.39. The summed E-state index contributed by atoms with van der Waals surface area (Å²) in [5, 5.41) is 0. The lowest BCUT2D eigenvalue weighted by molar-refractivity contribution is -0.929. The van der Waals surface area contributed by atoms with Gasteiger partial charge in [0.1, 0.15) is 0 Å². The molecule has 0 aliphatic heterocycles. The van der Waals surface area contributed by atoms with Gasteiger partial charge in [-0.25, -0.2) is 0 Å². The number of nitrogens with zero attached hydrogens (tertiary/aromatic N) is 1. The van der Waals surface area contributed by atoms with Crippen LogP contribution < -0.4 is 17.0 Å². The van der Waals surface area contributed by atoms with Crippen molar-refractivity contribution < 1.29 is 21.5 Å². The fourth-order valence-electron chi connectivity index (χ4n) is 8.06. The Labute approximate surface area is 318 Å². The Balaban J connectivity index is 0. The molecule has 0 heterocycles.